The van der Waals surface area contributed by atoms with Crippen molar-refractivity contribution in [3.8, 4) is 6.07 Å². The second-order valence-electron chi connectivity index (χ2n) is 3.87. The molecule has 0 amide bonds. The molecule has 0 radical (unpaired) electrons. The Balaban J connectivity index is 2.32. The second kappa shape index (κ2) is 4.65. The first-order valence-electron chi connectivity index (χ1n) is 5.28. The Morgan fingerprint density at radius 2 is 2.05 bits per heavy atom. The van der Waals surface area contributed by atoms with Crippen LogP contribution in [0.25, 0.3) is 0 Å². The Morgan fingerprint density at radius 1 is 1.32 bits per heavy atom. The van der Waals surface area contributed by atoms with Crippen LogP contribution in [-0.4, -0.2) is 9.78 Å². The third-order valence-corrected chi connectivity index (χ3v) is 2.43. The fraction of sp³-hybridized carbons (Fsp3) is 0.167. The van der Waals surface area contributed by atoms with Gasteiger partial charge >= 0.3 is 6.18 Å². The molecule has 0 atom stereocenters. The van der Waals surface area contributed by atoms with Gasteiger partial charge in [-0.1, -0.05) is 0 Å². The van der Waals surface area contributed by atoms with Crippen molar-refractivity contribution in [2.24, 2.45) is 7.05 Å². The summed E-state index contributed by atoms with van der Waals surface area (Å²) in [6.45, 7) is 0. The maximum absolute atomic E-state index is 12.6. The third kappa shape index (κ3) is 2.85. The van der Waals surface area contributed by atoms with Crippen molar-refractivity contribution in [1.29, 1.82) is 5.26 Å². The summed E-state index contributed by atoms with van der Waals surface area (Å²) in [7, 11) is 1.72. The fourth-order valence-corrected chi connectivity index (χ4v) is 1.59. The van der Waals surface area contributed by atoms with Crippen LogP contribution in [0, 0.1) is 11.3 Å². The summed E-state index contributed by atoms with van der Waals surface area (Å²) in [4.78, 5) is 0. The highest BCUT2D eigenvalue weighted by Gasteiger charge is 2.33. The van der Waals surface area contributed by atoms with Gasteiger partial charge in [0.15, 0.2) is 5.82 Å². The summed E-state index contributed by atoms with van der Waals surface area (Å²) < 4.78 is 39.4. The minimum absolute atomic E-state index is 0.378. The predicted molar refractivity (Wildman–Crippen MR) is 62.6 cm³/mol. The molecule has 7 heteroatoms. The largest absolute Gasteiger partial charge is 0.417 e. The molecule has 0 aliphatic rings. The van der Waals surface area contributed by atoms with Crippen molar-refractivity contribution < 1.29 is 13.2 Å². The highest BCUT2D eigenvalue weighted by molar-refractivity contribution is 5.60. The fourth-order valence-electron chi connectivity index (χ4n) is 1.59. The first-order valence-corrected chi connectivity index (χ1v) is 5.28. The Kier molecular flexibility index (Phi) is 3.17. The van der Waals surface area contributed by atoms with E-state index in [2.05, 4.69) is 10.4 Å². The van der Waals surface area contributed by atoms with E-state index in [9.17, 15) is 13.2 Å². The molecule has 0 spiro atoms. The van der Waals surface area contributed by atoms with Gasteiger partial charge in [-0.15, -0.1) is 0 Å². The van der Waals surface area contributed by atoms with Crippen molar-refractivity contribution in [3.63, 3.8) is 0 Å². The van der Waals surface area contributed by atoms with Crippen LogP contribution in [-0.2, 0) is 13.2 Å². The molecule has 0 fully saturated rings. The first kappa shape index (κ1) is 13.0. The highest BCUT2D eigenvalue weighted by Crippen LogP contribution is 2.33. The zero-order valence-corrected chi connectivity index (χ0v) is 9.86. The van der Waals surface area contributed by atoms with Crippen molar-refractivity contribution in [2.75, 3.05) is 5.32 Å². The molecule has 0 bridgehead atoms. The Bertz CT molecular complexity index is 637. The molecule has 0 unspecified atom stereocenters. The van der Waals surface area contributed by atoms with Crippen LogP contribution in [0.5, 0.6) is 0 Å². The number of hydrogen-bond donors (Lipinski definition) is 1. The maximum atomic E-state index is 12.6. The van der Waals surface area contributed by atoms with Gasteiger partial charge in [0.1, 0.15) is 0 Å². The second-order valence-corrected chi connectivity index (χ2v) is 3.87. The SMILES string of the molecule is Cn1ccc(Nc2ccc(C(F)(F)F)c(C#N)c2)n1. The number of nitriles is 1. The summed E-state index contributed by atoms with van der Waals surface area (Å²) >= 11 is 0. The quantitative estimate of drug-likeness (QED) is 0.908. The molecular weight excluding hydrogens is 257 g/mol. The van der Waals surface area contributed by atoms with Gasteiger partial charge in [0.25, 0.3) is 0 Å². The number of anilines is 2. The number of rotatable bonds is 2. The number of nitrogens with zero attached hydrogens (tertiary/aromatic N) is 3. The lowest BCUT2D eigenvalue weighted by molar-refractivity contribution is -0.137. The number of aryl methyl sites for hydroxylation is 1. The number of nitrogens with one attached hydrogen (secondary N) is 1. The van der Waals surface area contributed by atoms with Gasteiger partial charge in [0.05, 0.1) is 17.2 Å². The topological polar surface area (TPSA) is 53.6 Å². The summed E-state index contributed by atoms with van der Waals surface area (Å²) in [6.07, 6.45) is -2.84. The van der Waals surface area contributed by atoms with Gasteiger partial charge in [-0.05, 0) is 18.2 Å². The Hall–Kier alpha value is -2.49. The van der Waals surface area contributed by atoms with Crippen molar-refractivity contribution in [1.82, 2.24) is 9.78 Å². The smallest absolute Gasteiger partial charge is 0.339 e. The molecule has 1 heterocycles. The van der Waals surface area contributed by atoms with Crippen LogP contribution in [0.1, 0.15) is 11.1 Å². The summed E-state index contributed by atoms with van der Waals surface area (Å²) in [6, 6.07) is 6.51. The first-order chi connectivity index (χ1) is 8.90. The Labute approximate surface area is 107 Å². The molecule has 1 aromatic carbocycles. The molecule has 0 saturated heterocycles. The number of benzene rings is 1. The van der Waals surface area contributed by atoms with Gasteiger partial charge in [0, 0.05) is 25.0 Å². The van der Waals surface area contributed by atoms with Gasteiger partial charge in [-0.3, -0.25) is 4.68 Å². The lowest BCUT2D eigenvalue weighted by Crippen LogP contribution is -2.08. The number of hydrogen-bond acceptors (Lipinski definition) is 3. The van der Waals surface area contributed by atoms with Gasteiger partial charge < -0.3 is 5.32 Å². The average molecular weight is 266 g/mol. The minimum atomic E-state index is -4.53. The van der Waals surface area contributed by atoms with Crippen molar-refractivity contribution in [2.45, 2.75) is 6.18 Å². The molecule has 2 aromatic rings. The molecule has 4 nitrogen and oxygen atoms in total. The summed E-state index contributed by atoms with van der Waals surface area (Å²) in [5.41, 5.74) is -0.988. The van der Waals surface area contributed by atoms with Crippen LogP contribution in [0.2, 0.25) is 0 Å². The van der Waals surface area contributed by atoms with Crippen molar-refractivity contribution >= 4 is 11.5 Å². The Morgan fingerprint density at radius 3 is 2.58 bits per heavy atom. The lowest BCUT2D eigenvalue weighted by atomic mass is 10.1. The molecule has 0 aliphatic carbocycles. The molecule has 0 saturated carbocycles. The van der Waals surface area contributed by atoms with Gasteiger partial charge in [-0.2, -0.15) is 23.5 Å². The average Bonchev–Trinajstić information content (AvgIpc) is 2.73. The molecule has 19 heavy (non-hydrogen) atoms. The van der Waals surface area contributed by atoms with Crippen LogP contribution in [0.3, 0.4) is 0 Å². The molecule has 98 valence electrons. The van der Waals surface area contributed by atoms with E-state index in [-0.39, 0.29) is 0 Å². The van der Waals surface area contributed by atoms with Crippen LogP contribution >= 0.6 is 0 Å². The molecule has 0 aliphatic heterocycles. The van der Waals surface area contributed by atoms with Crippen LogP contribution < -0.4 is 5.32 Å². The third-order valence-electron chi connectivity index (χ3n) is 2.43. The number of aromatic nitrogens is 2. The van der Waals surface area contributed by atoms with E-state index in [1.807, 2.05) is 0 Å². The zero-order valence-electron chi connectivity index (χ0n) is 9.86. The molecule has 1 aromatic heterocycles. The van der Waals surface area contributed by atoms with Crippen molar-refractivity contribution in [3.05, 3.63) is 41.6 Å². The zero-order chi connectivity index (χ0) is 14.0. The number of halogens is 3. The lowest BCUT2D eigenvalue weighted by Gasteiger charge is -2.10. The van der Waals surface area contributed by atoms with E-state index in [1.54, 1.807) is 30.1 Å². The van der Waals surface area contributed by atoms with E-state index in [0.717, 1.165) is 12.1 Å². The predicted octanol–water partition coefficient (Wildman–Crippen LogP) is 3.05. The van der Waals surface area contributed by atoms with Crippen LogP contribution in [0.15, 0.2) is 30.5 Å². The maximum Gasteiger partial charge on any atom is 0.417 e. The summed E-state index contributed by atoms with van der Waals surface area (Å²) in [5.74, 6) is 0.492. The standard InChI is InChI=1S/C12H9F3N4/c1-19-5-4-11(18-19)17-9-2-3-10(12(13,14)15)8(6-9)7-16/h2-6H,1H3,(H,17,18). The summed E-state index contributed by atoms with van der Waals surface area (Å²) in [5, 5.41) is 15.6. The molecule has 2 rings (SSSR count). The van der Waals surface area contributed by atoms with E-state index in [4.69, 9.17) is 5.26 Å². The van der Waals surface area contributed by atoms with E-state index < -0.39 is 17.3 Å². The van der Waals surface area contributed by atoms with Crippen LogP contribution in [0.4, 0.5) is 24.7 Å². The van der Waals surface area contributed by atoms with Gasteiger partial charge in [-0.25, -0.2) is 0 Å². The molecule has 1 N–H and O–H groups in total. The minimum Gasteiger partial charge on any atom is -0.339 e. The number of alkyl halides is 3. The van der Waals surface area contributed by atoms with E-state index >= 15 is 0 Å². The normalized spacial score (nSPS) is 11.1. The van der Waals surface area contributed by atoms with E-state index in [1.165, 1.54) is 6.07 Å². The highest BCUT2D eigenvalue weighted by atomic mass is 19.4. The molecular formula is C12H9F3N4. The van der Waals surface area contributed by atoms with E-state index in [0.29, 0.717) is 11.5 Å². The monoisotopic (exact) mass is 266 g/mol. The van der Waals surface area contributed by atoms with Gasteiger partial charge in [0.2, 0.25) is 0 Å².